The van der Waals surface area contributed by atoms with Crippen molar-refractivity contribution in [3.63, 3.8) is 0 Å². The molecule has 0 fully saturated rings. The lowest BCUT2D eigenvalue weighted by atomic mass is 9.60. The molecule has 4 bridgehead atoms. The SMILES string of the molecule is COC(=O)C1=C(COC=O)C2c3ccccc3C1c1cc3c(C#Cc4nc(-n5nc(C)cc5C)nc(-n5nc(C)cc5C)n4)c4cc5c(cc4cc3cc12)C1C(C(=O)OC)=C(C(=O)OC)C5c2ccccc21. The molecule has 0 N–H and O–H groups in total. The first kappa shape index (κ1) is 44.2. The molecule has 3 heterocycles. The van der Waals surface area contributed by atoms with Gasteiger partial charge in [-0.3, -0.25) is 4.79 Å². The highest BCUT2D eigenvalue weighted by molar-refractivity contribution is 6.10. The lowest BCUT2D eigenvalue weighted by molar-refractivity contribution is -0.140. The molecule has 6 aliphatic rings. The fraction of sp³-hybridized carbons (Fsp3) is 0.211. The van der Waals surface area contributed by atoms with Gasteiger partial charge in [-0.15, -0.1) is 0 Å². The first-order chi connectivity index (χ1) is 34.9. The molecule has 0 amide bonds. The van der Waals surface area contributed by atoms with Crippen LogP contribution in [0.25, 0.3) is 33.4 Å². The molecule has 4 unspecified atom stereocenters. The van der Waals surface area contributed by atoms with Gasteiger partial charge in [0.1, 0.15) is 6.61 Å². The van der Waals surface area contributed by atoms with Crippen LogP contribution in [-0.2, 0) is 38.1 Å². The van der Waals surface area contributed by atoms with Crippen molar-refractivity contribution >= 4 is 45.9 Å². The molecule has 15 nitrogen and oxygen atoms in total. The maximum atomic E-state index is 13.9. The van der Waals surface area contributed by atoms with Gasteiger partial charge >= 0.3 is 17.9 Å². The zero-order valence-electron chi connectivity index (χ0n) is 40.2. The quantitative estimate of drug-likeness (QED) is 0.0477. The highest BCUT2D eigenvalue weighted by Gasteiger charge is 2.49. The van der Waals surface area contributed by atoms with E-state index in [9.17, 15) is 19.2 Å². The Hall–Kier alpha value is -9.03. The Balaban J connectivity index is 1.16. The number of rotatable bonds is 8. The molecule has 15 heteroatoms. The molecule has 5 aromatic carbocycles. The van der Waals surface area contributed by atoms with Crippen LogP contribution in [-0.4, -0.2) is 86.8 Å². The van der Waals surface area contributed by atoms with Crippen molar-refractivity contribution in [2.45, 2.75) is 51.4 Å². The van der Waals surface area contributed by atoms with E-state index in [2.05, 4.69) is 58.4 Å². The second-order valence-electron chi connectivity index (χ2n) is 18.5. The molecule has 3 aromatic heterocycles. The molecule has 354 valence electrons. The summed E-state index contributed by atoms with van der Waals surface area (Å²) in [5, 5.41) is 12.6. The Morgan fingerprint density at radius 3 is 1.42 bits per heavy atom. The first-order valence-corrected chi connectivity index (χ1v) is 23.3. The minimum Gasteiger partial charge on any atom is -0.466 e. The average Bonchev–Trinajstić information content (AvgIpc) is 3.93. The van der Waals surface area contributed by atoms with Crippen molar-refractivity contribution in [1.82, 2.24) is 34.5 Å². The van der Waals surface area contributed by atoms with E-state index >= 15 is 0 Å². The lowest BCUT2D eigenvalue weighted by Crippen LogP contribution is -2.35. The normalized spacial score (nSPS) is 17.7. The molecular formula is C57H43N7O8. The predicted molar refractivity (Wildman–Crippen MR) is 263 cm³/mol. The summed E-state index contributed by atoms with van der Waals surface area (Å²) in [6.45, 7) is 7.93. The maximum Gasteiger partial charge on any atom is 0.335 e. The Morgan fingerprint density at radius 2 is 0.972 bits per heavy atom. The highest BCUT2D eigenvalue weighted by atomic mass is 16.5. The van der Waals surface area contributed by atoms with Crippen molar-refractivity contribution in [2.75, 3.05) is 27.9 Å². The predicted octanol–water partition coefficient (Wildman–Crippen LogP) is 7.65. The van der Waals surface area contributed by atoms with Crippen molar-refractivity contribution in [2.24, 2.45) is 0 Å². The van der Waals surface area contributed by atoms with E-state index in [-0.39, 0.29) is 35.5 Å². The molecule has 0 saturated carbocycles. The third-order valence-corrected chi connectivity index (χ3v) is 14.5. The summed E-state index contributed by atoms with van der Waals surface area (Å²) in [6, 6.07) is 30.2. The molecule has 0 saturated heterocycles. The first-order valence-electron chi connectivity index (χ1n) is 23.3. The van der Waals surface area contributed by atoms with Gasteiger partial charge in [-0.25, -0.2) is 23.7 Å². The number of fused-ring (bicyclic) bond motifs is 2. The van der Waals surface area contributed by atoms with Crippen molar-refractivity contribution in [3.05, 3.63) is 192 Å². The number of esters is 3. The van der Waals surface area contributed by atoms with E-state index < -0.39 is 41.6 Å². The van der Waals surface area contributed by atoms with Crippen molar-refractivity contribution in [1.29, 1.82) is 0 Å². The molecule has 0 spiro atoms. The zero-order chi connectivity index (χ0) is 49.9. The molecule has 8 aromatic rings. The number of benzene rings is 5. The van der Waals surface area contributed by atoms with Gasteiger partial charge in [0.15, 0.2) is 0 Å². The number of nitrogens with zero attached hydrogens (tertiary/aromatic N) is 7. The third-order valence-electron chi connectivity index (χ3n) is 14.5. The zero-order valence-corrected chi connectivity index (χ0v) is 40.2. The second-order valence-corrected chi connectivity index (χ2v) is 18.5. The van der Waals surface area contributed by atoms with E-state index in [1.165, 1.54) is 21.3 Å². The van der Waals surface area contributed by atoms with Crippen LogP contribution in [0.1, 0.15) is 102 Å². The van der Waals surface area contributed by atoms with Gasteiger partial charge in [0.05, 0.1) is 49.4 Å². The largest absolute Gasteiger partial charge is 0.466 e. The van der Waals surface area contributed by atoms with Crippen LogP contribution in [0, 0.1) is 39.5 Å². The summed E-state index contributed by atoms with van der Waals surface area (Å²) >= 11 is 0. The standard InChI is InChI=1S/C57H43N7O8/c1-27-18-29(3)63(61-27)56-58-45(59-57(60-56)64-30(4)19-28(2)62-64)17-16-33-38-23-42-40(46-34-12-8-9-13-35(34)47(42)50(53(66)69-5)44(46)25-72-26-65)21-31(38)20-32-22-41-43(24-39(32)33)49-37-15-11-10-14-36(37)48(41)51(54(67)70-6)52(49)55(68)71-7/h8-15,18-24,26,46-49H,25H2,1-7H3. The Bertz CT molecular complexity index is 3840. The maximum absolute atomic E-state index is 13.9. The topological polar surface area (TPSA) is 180 Å². The van der Waals surface area contributed by atoms with Gasteiger partial charge in [0.25, 0.3) is 18.4 Å². The smallest absolute Gasteiger partial charge is 0.335 e. The van der Waals surface area contributed by atoms with Gasteiger partial charge in [-0.05, 0) is 148 Å². The summed E-state index contributed by atoms with van der Waals surface area (Å²) < 4.78 is 24.9. The molecular weight excluding hydrogens is 911 g/mol. The summed E-state index contributed by atoms with van der Waals surface area (Å²) in [6.07, 6.45) is 0. The lowest BCUT2D eigenvalue weighted by Gasteiger charge is -2.43. The summed E-state index contributed by atoms with van der Waals surface area (Å²) in [5.41, 5.74) is 12.6. The van der Waals surface area contributed by atoms with Gasteiger partial charge in [-0.1, -0.05) is 54.5 Å². The van der Waals surface area contributed by atoms with Gasteiger partial charge in [-0.2, -0.15) is 25.1 Å². The molecule has 14 rings (SSSR count). The molecule has 6 aliphatic carbocycles. The van der Waals surface area contributed by atoms with Crippen molar-refractivity contribution < 1.29 is 38.1 Å². The minimum absolute atomic E-state index is 0.0969. The summed E-state index contributed by atoms with van der Waals surface area (Å²) in [4.78, 5) is 68.0. The molecule has 0 aliphatic heterocycles. The number of carbonyl (C=O) groups is 4. The molecule has 72 heavy (non-hydrogen) atoms. The van der Waals surface area contributed by atoms with Gasteiger partial charge in [0.2, 0.25) is 5.82 Å². The molecule has 0 radical (unpaired) electrons. The number of hydrogen-bond donors (Lipinski definition) is 0. The van der Waals surface area contributed by atoms with E-state index in [0.29, 0.717) is 23.2 Å². The Labute approximate surface area is 412 Å². The Kier molecular flexibility index (Phi) is 10.2. The fourth-order valence-corrected chi connectivity index (χ4v) is 11.8. The Morgan fingerprint density at radius 1 is 0.542 bits per heavy atom. The van der Waals surface area contributed by atoms with E-state index in [0.717, 1.165) is 88.8 Å². The van der Waals surface area contributed by atoms with Crippen LogP contribution in [0.2, 0.25) is 0 Å². The van der Waals surface area contributed by atoms with E-state index in [4.69, 9.17) is 33.9 Å². The minimum atomic E-state index is -0.672. The number of aromatic nitrogens is 7. The number of aryl methyl sites for hydroxylation is 4. The molecule has 4 atom stereocenters. The third kappa shape index (κ3) is 6.48. The van der Waals surface area contributed by atoms with Crippen LogP contribution in [0.3, 0.4) is 0 Å². The number of ether oxygens (including phenoxy) is 4. The fourth-order valence-electron chi connectivity index (χ4n) is 11.8. The average molecular weight is 954 g/mol. The summed E-state index contributed by atoms with van der Waals surface area (Å²) in [5.74, 6) is 3.52. The monoisotopic (exact) mass is 953 g/mol. The van der Waals surface area contributed by atoms with Gasteiger partial charge in [0, 0.05) is 40.6 Å². The van der Waals surface area contributed by atoms with E-state index in [1.807, 2.05) is 82.3 Å². The van der Waals surface area contributed by atoms with Crippen molar-refractivity contribution in [3.8, 4) is 23.7 Å². The number of methoxy groups -OCH3 is 3. The number of hydrogen-bond acceptors (Lipinski definition) is 13. The summed E-state index contributed by atoms with van der Waals surface area (Å²) in [7, 11) is 3.98. The number of carbonyl (C=O) groups excluding carboxylic acids is 4. The van der Waals surface area contributed by atoms with Gasteiger partial charge < -0.3 is 18.9 Å². The highest BCUT2D eigenvalue weighted by Crippen LogP contribution is 2.59. The van der Waals surface area contributed by atoms with Crippen LogP contribution < -0.4 is 0 Å². The van der Waals surface area contributed by atoms with Crippen LogP contribution >= 0.6 is 0 Å². The second kappa shape index (κ2) is 16.6. The van der Waals surface area contributed by atoms with Crippen LogP contribution in [0.15, 0.2) is 113 Å². The van der Waals surface area contributed by atoms with E-state index in [1.54, 1.807) is 9.36 Å². The van der Waals surface area contributed by atoms with Crippen LogP contribution in [0.4, 0.5) is 0 Å². The van der Waals surface area contributed by atoms with Crippen LogP contribution in [0.5, 0.6) is 0 Å².